The fourth-order valence-electron chi connectivity index (χ4n) is 2.63. The monoisotopic (exact) mass is 351 g/mol. The number of anilines is 2. The van der Waals surface area contributed by atoms with Crippen molar-refractivity contribution in [3.63, 3.8) is 0 Å². The van der Waals surface area contributed by atoms with Crippen LogP contribution in [0, 0.1) is 6.92 Å². The zero-order valence-electron chi connectivity index (χ0n) is 15.0. The van der Waals surface area contributed by atoms with Gasteiger partial charge in [-0.25, -0.2) is 0 Å². The van der Waals surface area contributed by atoms with Gasteiger partial charge in [0.1, 0.15) is 11.4 Å². The Morgan fingerprint density at radius 3 is 2.62 bits per heavy atom. The van der Waals surface area contributed by atoms with Gasteiger partial charge in [-0.15, -0.1) is 0 Å². The summed E-state index contributed by atoms with van der Waals surface area (Å²) in [6, 6.07) is 12.8. The summed E-state index contributed by atoms with van der Waals surface area (Å²) in [7, 11) is 1.60. The molecule has 3 rings (SSSR count). The lowest BCUT2D eigenvalue weighted by Gasteiger charge is -2.11. The quantitative estimate of drug-likeness (QED) is 0.647. The number of H-pyrrole nitrogens is 1. The minimum absolute atomic E-state index is 0.0734. The Morgan fingerprint density at radius 2 is 1.88 bits per heavy atom. The van der Waals surface area contributed by atoms with Crippen LogP contribution < -0.4 is 15.4 Å². The number of aromatic nitrogens is 1. The molecule has 2 aromatic carbocycles. The van der Waals surface area contributed by atoms with Gasteiger partial charge in [0.15, 0.2) is 0 Å². The number of amides is 2. The Morgan fingerprint density at radius 1 is 1.08 bits per heavy atom. The Bertz CT molecular complexity index is 976. The number of aromatic amines is 1. The van der Waals surface area contributed by atoms with Gasteiger partial charge in [0.2, 0.25) is 5.91 Å². The molecule has 0 unspecified atom stereocenters. The minimum atomic E-state index is -0.248. The van der Waals surface area contributed by atoms with Crippen LogP contribution in [0.4, 0.5) is 11.4 Å². The average Bonchev–Trinajstić information content (AvgIpc) is 3.07. The fourth-order valence-corrected chi connectivity index (χ4v) is 2.63. The van der Waals surface area contributed by atoms with E-state index in [1.54, 1.807) is 26.2 Å². The van der Waals surface area contributed by atoms with Gasteiger partial charge in [0.25, 0.3) is 5.91 Å². The van der Waals surface area contributed by atoms with Crippen molar-refractivity contribution in [3.8, 4) is 5.75 Å². The number of ether oxygens (including phenoxy) is 1. The SMILES string of the molecule is CCC(=O)Nc1ccc(C)c(NC(=O)c2cc3ccc(OC)cc3[nH]2)c1. The molecule has 6 heteroatoms. The maximum absolute atomic E-state index is 12.6. The molecule has 0 aliphatic carbocycles. The largest absolute Gasteiger partial charge is 0.497 e. The number of nitrogens with one attached hydrogen (secondary N) is 3. The highest BCUT2D eigenvalue weighted by Gasteiger charge is 2.12. The summed E-state index contributed by atoms with van der Waals surface area (Å²) in [5.74, 6) is 0.402. The molecule has 26 heavy (non-hydrogen) atoms. The molecule has 0 atom stereocenters. The van der Waals surface area contributed by atoms with E-state index < -0.39 is 0 Å². The van der Waals surface area contributed by atoms with Gasteiger partial charge < -0.3 is 20.4 Å². The van der Waals surface area contributed by atoms with Crippen LogP contribution in [-0.2, 0) is 4.79 Å². The highest BCUT2D eigenvalue weighted by molar-refractivity contribution is 6.06. The topological polar surface area (TPSA) is 83.2 Å². The third-order valence-electron chi connectivity index (χ3n) is 4.16. The molecule has 3 aromatic rings. The van der Waals surface area contributed by atoms with Gasteiger partial charge in [-0.2, -0.15) is 0 Å². The molecule has 0 aliphatic heterocycles. The van der Waals surface area contributed by atoms with E-state index in [0.29, 0.717) is 23.5 Å². The van der Waals surface area contributed by atoms with E-state index in [1.165, 1.54) is 0 Å². The van der Waals surface area contributed by atoms with Crippen LogP contribution in [-0.4, -0.2) is 23.9 Å². The predicted molar refractivity (Wildman–Crippen MR) is 103 cm³/mol. The summed E-state index contributed by atoms with van der Waals surface area (Å²) in [4.78, 5) is 27.3. The number of fused-ring (bicyclic) bond motifs is 1. The molecule has 0 saturated heterocycles. The van der Waals surface area contributed by atoms with Crippen molar-refractivity contribution < 1.29 is 14.3 Å². The third-order valence-corrected chi connectivity index (χ3v) is 4.16. The van der Waals surface area contributed by atoms with Gasteiger partial charge in [-0.05, 0) is 42.8 Å². The molecule has 0 saturated carbocycles. The molecular formula is C20H21N3O3. The lowest BCUT2D eigenvalue weighted by atomic mass is 10.1. The third kappa shape index (κ3) is 3.69. The molecule has 0 fully saturated rings. The first-order valence-electron chi connectivity index (χ1n) is 8.38. The van der Waals surface area contributed by atoms with E-state index in [2.05, 4.69) is 15.6 Å². The van der Waals surface area contributed by atoms with Gasteiger partial charge in [-0.1, -0.05) is 13.0 Å². The van der Waals surface area contributed by atoms with Crippen LogP contribution in [0.25, 0.3) is 10.9 Å². The molecule has 3 N–H and O–H groups in total. The summed E-state index contributed by atoms with van der Waals surface area (Å²) >= 11 is 0. The van der Waals surface area contributed by atoms with E-state index >= 15 is 0 Å². The molecule has 0 bridgehead atoms. The second-order valence-electron chi connectivity index (χ2n) is 6.02. The second kappa shape index (κ2) is 7.31. The number of benzene rings is 2. The first kappa shape index (κ1) is 17.5. The summed E-state index contributed by atoms with van der Waals surface area (Å²) in [5, 5.41) is 6.62. The van der Waals surface area contributed by atoms with E-state index in [4.69, 9.17) is 4.74 Å². The zero-order chi connectivity index (χ0) is 18.7. The van der Waals surface area contributed by atoms with E-state index in [-0.39, 0.29) is 11.8 Å². The van der Waals surface area contributed by atoms with Crippen molar-refractivity contribution >= 4 is 34.1 Å². The normalized spacial score (nSPS) is 10.6. The smallest absolute Gasteiger partial charge is 0.272 e. The van der Waals surface area contributed by atoms with Gasteiger partial charge in [0, 0.05) is 34.8 Å². The molecule has 0 radical (unpaired) electrons. The number of carbonyl (C=O) groups is 2. The highest BCUT2D eigenvalue weighted by atomic mass is 16.5. The Labute approximate surface area is 151 Å². The van der Waals surface area contributed by atoms with Crippen LogP contribution in [0.3, 0.4) is 0 Å². The first-order valence-corrected chi connectivity index (χ1v) is 8.38. The Kier molecular flexibility index (Phi) is 4.93. The number of rotatable bonds is 5. The summed E-state index contributed by atoms with van der Waals surface area (Å²) in [5.41, 5.74) is 3.50. The van der Waals surface area contributed by atoms with E-state index in [1.807, 2.05) is 37.3 Å². The Hall–Kier alpha value is -3.28. The van der Waals surface area contributed by atoms with Gasteiger partial charge >= 0.3 is 0 Å². The van der Waals surface area contributed by atoms with Crippen molar-refractivity contribution in [2.75, 3.05) is 17.7 Å². The van der Waals surface area contributed by atoms with Crippen molar-refractivity contribution in [3.05, 3.63) is 53.7 Å². The molecule has 134 valence electrons. The average molecular weight is 351 g/mol. The molecule has 0 aliphatic rings. The Balaban J connectivity index is 1.83. The fraction of sp³-hybridized carbons (Fsp3) is 0.200. The van der Waals surface area contributed by atoms with Crippen molar-refractivity contribution in [1.82, 2.24) is 4.98 Å². The van der Waals surface area contributed by atoms with Crippen LogP contribution >= 0.6 is 0 Å². The maximum Gasteiger partial charge on any atom is 0.272 e. The molecule has 6 nitrogen and oxygen atoms in total. The minimum Gasteiger partial charge on any atom is -0.497 e. The summed E-state index contributed by atoms with van der Waals surface area (Å²) < 4.78 is 5.20. The zero-order valence-corrected chi connectivity index (χ0v) is 15.0. The standard InChI is InChI=1S/C20H21N3O3/c1-4-19(24)21-14-7-5-12(2)16(10-14)23-20(25)18-9-13-6-8-15(26-3)11-17(13)22-18/h5-11,22H,4H2,1-3H3,(H,21,24)(H,23,25). The molecule has 2 amide bonds. The highest BCUT2D eigenvalue weighted by Crippen LogP contribution is 2.24. The van der Waals surface area contributed by atoms with Crippen molar-refractivity contribution in [2.45, 2.75) is 20.3 Å². The predicted octanol–water partition coefficient (Wildman–Crippen LogP) is 4.09. The van der Waals surface area contributed by atoms with Crippen molar-refractivity contribution in [1.29, 1.82) is 0 Å². The maximum atomic E-state index is 12.6. The van der Waals surface area contributed by atoms with Crippen LogP contribution in [0.5, 0.6) is 5.75 Å². The van der Waals surface area contributed by atoms with Crippen LogP contribution in [0.15, 0.2) is 42.5 Å². The number of carbonyl (C=O) groups excluding carboxylic acids is 2. The van der Waals surface area contributed by atoms with E-state index in [9.17, 15) is 9.59 Å². The first-order chi connectivity index (χ1) is 12.5. The van der Waals surface area contributed by atoms with Crippen LogP contribution in [0.2, 0.25) is 0 Å². The molecule has 0 spiro atoms. The number of aryl methyl sites for hydroxylation is 1. The lowest BCUT2D eigenvalue weighted by molar-refractivity contribution is -0.115. The van der Waals surface area contributed by atoms with Crippen LogP contribution in [0.1, 0.15) is 29.4 Å². The van der Waals surface area contributed by atoms with Crippen molar-refractivity contribution in [2.24, 2.45) is 0 Å². The molecule has 1 heterocycles. The second-order valence-corrected chi connectivity index (χ2v) is 6.02. The number of hydrogen-bond acceptors (Lipinski definition) is 3. The van der Waals surface area contributed by atoms with Gasteiger partial charge in [-0.3, -0.25) is 9.59 Å². The van der Waals surface area contributed by atoms with E-state index in [0.717, 1.165) is 22.2 Å². The molecule has 1 aromatic heterocycles. The summed E-state index contributed by atoms with van der Waals surface area (Å²) in [6.45, 7) is 3.69. The van der Waals surface area contributed by atoms with Gasteiger partial charge in [0.05, 0.1) is 7.11 Å². The number of hydrogen-bond donors (Lipinski definition) is 3. The lowest BCUT2D eigenvalue weighted by Crippen LogP contribution is -2.14. The summed E-state index contributed by atoms with van der Waals surface area (Å²) in [6.07, 6.45) is 0.397. The number of methoxy groups -OCH3 is 1. The molecular weight excluding hydrogens is 330 g/mol.